The van der Waals surface area contributed by atoms with Crippen LogP contribution in [0.1, 0.15) is 0 Å². The van der Waals surface area contributed by atoms with Crippen LogP contribution in [0.5, 0.6) is 17.4 Å². The zero-order valence-corrected chi connectivity index (χ0v) is 11.0. The van der Waals surface area contributed by atoms with Gasteiger partial charge in [-0.25, -0.2) is 4.98 Å². The zero-order valence-electron chi connectivity index (χ0n) is 10.2. The number of rotatable bonds is 4. The number of nitro benzene ring substituents is 1. The number of nitro groups is 1. The second-order valence-electron chi connectivity index (χ2n) is 3.58. The monoisotopic (exact) mass is 296 g/mol. The van der Waals surface area contributed by atoms with Gasteiger partial charge in [0.2, 0.25) is 11.8 Å². The summed E-state index contributed by atoms with van der Waals surface area (Å²) in [5.74, 6) is 0.419. The summed E-state index contributed by atoms with van der Waals surface area (Å²) in [6, 6.07) is 3.88. The molecule has 1 aromatic carbocycles. The molecule has 8 nitrogen and oxygen atoms in total. The summed E-state index contributed by atoms with van der Waals surface area (Å²) in [5.41, 5.74) is 5.31. The van der Waals surface area contributed by atoms with Crippen LogP contribution in [0.25, 0.3) is 0 Å². The number of ether oxygens (including phenoxy) is 2. The molecule has 1 aromatic heterocycles. The van der Waals surface area contributed by atoms with E-state index in [2.05, 4.69) is 9.97 Å². The molecular formula is C11H9ClN4O4. The molecule has 0 amide bonds. The molecular weight excluding hydrogens is 288 g/mol. The molecule has 0 spiro atoms. The van der Waals surface area contributed by atoms with Gasteiger partial charge in [0.25, 0.3) is 5.69 Å². The third-order valence-corrected chi connectivity index (χ3v) is 2.55. The van der Waals surface area contributed by atoms with Crippen LogP contribution in [0.3, 0.4) is 0 Å². The minimum atomic E-state index is -0.540. The van der Waals surface area contributed by atoms with Crippen molar-refractivity contribution in [2.75, 3.05) is 12.8 Å². The van der Waals surface area contributed by atoms with Crippen LogP contribution in [0.2, 0.25) is 5.02 Å². The Bertz CT molecular complexity index is 665. The Morgan fingerprint density at radius 2 is 2.15 bits per heavy atom. The first-order valence-corrected chi connectivity index (χ1v) is 5.67. The van der Waals surface area contributed by atoms with E-state index in [9.17, 15) is 10.1 Å². The van der Waals surface area contributed by atoms with Gasteiger partial charge in [0.1, 0.15) is 5.02 Å². The maximum absolute atomic E-state index is 10.7. The zero-order chi connectivity index (χ0) is 14.7. The Labute approximate surface area is 118 Å². The predicted molar refractivity (Wildman–Crippen MR) is 71.2 cm³/mol. The van der Waals surface area contributed by atoms with E-state index in [1.54, 1.807) is 0 Å². The number of nitrogen functional groups attached to an aromatic ring is 1. The molecule has 0 fully saturated rings. The highest BCUT2D eigenvalue weighted by atomic mass is 35.5. The van der Waals surface area contributed by atoms with Gasteiger partial charge in [0.15, 0.2) is 11.5 Å². The number of halogens is 1. The first-order valence-electron chi connectivity index (χ1n) is 5.29. The summed E-state index contributed by atoms with van der Waals surface area (Å²) >= 11 is 5.87. The Kier molecular flexibility index (Phi) is 3.85. The quantitative estimate of drug-likeness (QED) is 0.680. The van der Waals surface area contributed by atoms with E-state index in [-0.39, 0.29) is 34.0 Å². The van der Waals surface area contributed by atoms with Gasteiger partial charge in [-0.05, 0) is 6.07 Å². The minimum absolute atomic E-state index is 0.00900. The lowest BCUT2D eigenvalue weighted by molar-refractivity contribution is -0.384. The number of nitrogens with zero attached hydrogens (tertiary/aromatic N) is 3. The Hall–Kier alpha value is -2.61. The van der Waals surface area contributed by atoms with Crippen LogP contribution in [-0.2, 0) is 0 Å². The lowest BCUT2D eigenvalue weighted by atomic mass is 10.3. The summed E-state index contributed by atoms with van der Waals surface area (Å²) in [7, 11) is 1.36. The maximum Gasteiger partial charge on any atom is 0.273 e. The fourth-order valence-electron chi connectivity index (χ4n) is 1.39. The molecule has 0 unspecified atom stereocenters. The molecule has 0 aliphatic carbocycles. The van der Waals surface area contributed by atoms with Crippen molar-refractivity contribution in [2.45, 2.75) is 0 Å². The van der Waals surface area contributed by atoms with Crippen molar-refractivity contribution in [3.05, 3.63) is 39.5 Å². The van der Waals surface area contributed by atoms with E-state index in [0.29, 0.717) is 0 Å². The average molecular weight is 297 g/mol. The summed E-state index contributed by atoms with van der Waals surface area (Å²) in [4.78, 5) is 17.7. The van der Waals surface area contributed by atoms with E-state index in [4.69, 9.17) is 26.8 Å². The number of nitrogens with two attached hydrogens (primary N) is 1. The van der Waals surface area contributed by atoms with Crippen LogP contribution < -0.4 is 15.2 Å². The van der Waals surface area contributed by atoms with Crippen LogP contribution in [-0.4, -0.2) is 22.0 Å². The first kappa shape index (κ1) is 13.8. The first-order chi connectivity index (χ1) is 9.51. The molecule has 0 radical (unpaired) electrons. The van der Waals surface area contributed by atoms with E-state index >= 15 is 0 Å². The number of anilines is 1. The third-order valence-electron chi connectivity index (χ3n) is 2.30. The largest absolute Gasteiger partial charge is 0.493 e. The van der Waals surface area contributed by atoms with Crippen molar-refractivity contribution in [3.63, 3.8) is 0 Å². The lowest BCUT2D eigenvalue weighted by Gasteiger charge is -2.10. The molecule has 0 aliphatic rings. The number of hydrogen-bond acceptors (Lipinski definition) is 7. The SMILES string of the molecule is COc1cc([N+](=O)[O-])ccc1Oc1nc(N)ncc1Cl. The molecule has 9 heteroatoms. The minimum Gasteiger partial charge on any atom is -0.493 e. The van der Waals surface area contributed by atoms with Crippen molar-refractivity contribution in [3.8, 4) is 17.4 Å². The van der Waals surface area contributed by atoms with Gasteiger partial charge in [-0.1, -0.05) is 11.6 Å². The van der Waals surface area contributed by atoms with E-state index < -0.39 is 4.92 Å². The third kappa shape index (κ3) is 2.86. The van der Waals surface area contributed by atoms with Crippen LogP contribution >= 0.6 is 11.6 Å². The lowest BCUT2D eigenvalue weighted by Crippen LogP contribution is -1.99. The van der Waals surface area contributed by atoms with E-state index in [1.807, 2.05) is 0 Å². The van der Waals surface area contributed by atoms with Gasteiger partial charge in [-0.2, -0.15) is 4.98 Å². The normalized spacial score (nSPS) is 10.1. The second-order valence-corrected chi connectivity index (χ2v) is 3.98. The molecule has 0 saturated heterocycles. The molecule has 0 aliphatic heterocycles. The highest BCUT2D eigenvalue weighted by molar-refractivity contribution is 6.31. The predicted octanol–water partition coefficient (Wildman–Crippen LogP) is 2.42. The smallest absolute Gasteiger partial charge is 0.273 e. The summed E-state index contributed by atoms with van der Waals surface area (Å²) < 4.78 is 10.5. The molecule has 104 valence electrons. The van der Waals surface area contributed by atoms with E-state index in [1.165, 1.54) is 31.5 Å². The maximum atomic E-state index is 10.7. The average Bonchev–Trinajstić information content (AvgIpc) is 2.43. The Balaban J connectivity index is 2.38. The summed E-state index contributed by atoms with van der Waals surface area (Å²) in [6.45, 7) is 0. The van der Waals surface area contributed by atoms with Crippen molar-refractivity contribution in [1.29, 1.82) is 0 Å². The van der Waals surface area contributed by atoms with Gasteiger partial charge >= 0.3 is 0 Å². The Morgan fingerprint density at radius 1 is 1.40 bits per heavy atom. The second kappa shape index (κ2) is 5.57. The fraction of sp³-hybridized carbons (Fsp3) is 0.0909. The van der Waals surface area contributed by atoms with Crippen molar-refractivity contribution in [1.82, 2.24) is 9.97 Å². The van der Waals surface area contributed by atoms with Crippen molar-refractivity contribution < 1.29 is 14.4 Å². The molecule has 2 rings (SSSR count). The van der Waals surface area contributed by atoms with Crippen molar-refractivity contribution in [2.24, 2.45) is 0 Å². The number of hydrogen-bond donors (Lipinski definition) is 1. The number of aromatic nitrogens is 2. The van der Waals surface area contributed by atoms with Gasteiger partial charge in [0.05, 0.1) is 24.3 Å². The van der Waals surface area contributed by atoms with E-state index in [0.717, 1.165) is 0 Å². The summed E-state index contributed by atoms with van der Waals surface area (Å²) in [6.07, 6.45) is 1.29. The van der Waals surface area contributed by atoms with Gasteiger partial charge < -0.3 is 15.2 Å². The standard InChI is InChI=1S/C11H9ClN4O4/c1-19-9-4-6(16(17)18)2-3-8(9)20-10-7(12)5-14-11(13)15-10/h2-5H,1H3,(H2,13,14,15). The molecule has 0 atom stereocenters. The van der Waals surface area contributed by atoms with Gasteiger partial charge in [-0.3, -0.25) is 10.1 Å². The number of non-ortho nitro benzene ring substituents is 1. The van der Waals surface area contributed by atoms with Gasteiger partial charge in [0, 0.05) is 6.07 Å². The Morgan fingerprint density at radius 3 is 2.80 bits per heavy atom. The van der Waals surface area contributed by atoms with Crippen LogP contribution in [0, 0.1) is 10.1 Å². The molecule has 0 saturated carbocycles. The van der Waals surface area contributed by atoms with Crippen LogP contribution in [0.15, 0.2) is 24.4 Å². The molecule has 2 aromatic rings. The molecule has 20 heavy (non-hydrogen) atoms. The summed E-state index contributed by atoms with van der Waals surface area (Å²) in [5, 5.41) is 10.8. The number of benzene rings is 1. The van der Waals surface area contributed by atoms with Crippen LogP contribution in [0.4, 0.5) is 11.6 Å². The molecule has 1 heterocycles. The van der Waals surface area contributed by atoms with Crippen molar-refractivity contribution >= 4 is 23.2 Å². The highest BCUT2D eigenvalue weighted by Crippen LogP contribution is 2.36. The van der Waals surface area contributed by atoms with Gasteiger partial charge in [-0.15, -0.1) is 0 Å². The molecule has 2 N–H and O–H groups in total. The highest BCUT2D eigenvalue weighted by Gasteiger charge is 2.15. The topological polar surface area (TPSA) is 113 Å². The number of methoxy groups -OCH3 is 1. The fourth-order valence-corrected chi connectivity index (χ4v) is 1.52. The molecule has 0 bridgehead atoms.